The minimum Gasteiger partial charge on any atom is -0.452 e. The molecule has 1 rings (SSSR count). The molecule has 0 spiro atoms. The van der Waals surface area contributed by atoms with Gasteiger partial charge in [0, 0.05) is 6.26 Å². The molecule has 0 atom stereocenters. The Kier molecular flexibility index (Phi) is 5.75. The zero-order valence-electron chi connectivity index (χ0n) is 12.2. The lowest BCUT2D eigenvalue weighted by Gasteiger charge is -2.10. The minimum absolute atomic E-state index is 0.0865. The molecule has 1 amide bonds. The molecule has 0 aliphatic carbocycles. The highest BCUT2D eigenvalue weighted by molar-refractivity contribution is 7.90. The SMILES string of the molecule is Cc1ccc(S(C)(=O)=O)cc1C(=O)OCC(=O)NCC(F)(F)F. The Morgan fingerprint density at radius 3 is 2.39 bits per heavy atom. The van der Waals surface area contributed by atoms with E-state index in [2.05, 4.69) is 4.74 Å². The van der Waals surface area contributed by atoms with Crippen LogP contribution in [0.1, 0.15) is 15.9 Å². The summed E-state index contributed by atoms with van der Waals surface area (Å²) in [6, 6.07) is 3.77. The van der Waals surface area contributed by atoms with Crippen LogP contribution >= 0.6 is 0 Å². The number of ether oxygens (including phenoxy) is 1. The molecule has 0 radical (unpaired) electrons. The summed E-state index contributed by atoms with van der Waals surface area (Å²) in [4.78, 5) is 22.9. The lowest BCUT2D eigenvalue weighted by molar-refractivity contribution is -0.140. The molecule has 0 fully saturated rings. The summed E-state index contributed by atoms with van der Waals surface area (Å²) < 4.78 is 63.2. The third-order valence-electron chi connectivity index (χ3n) is 2.68. The average molecular weight is 353 g/mol. The number of benzene rings is 1. The molecular weight excluding hydrogens is 339 g/mol. The van der Waals surface area contributed by atoms with Crippen LogP contribution in [0.5, 0.6) is 0 Å². The summed E-state index contributed by atoms with van der Waals surface area (Å²) in [5.74, 6) is -2.12. The van der Waals surface area contributed by atoms with Crippen LogP contribution in [0.2, 0.25) is 0 Å². The van der Waals surface area contributed by atoms with Crippen molar-refractivity contribution >= 4 is 21.7 Å². The number of esters is 1. The van der Waals surface area contributed by atoms with Crippen molar-refractivity contribution in [2.45, 2.75) is 18.0 Å². The molecule has 0 aromatic heterocycles. The maximum absolute atomic E-state index is 11.9. The molecule has 23 heavy (non-hydrogen) atoms. The van der Waals surface area contributed by atoms with E-state index in [-0.39, 0.29) is 10.5 Å². The van der Waals surface area contributed by atoms with E-state index in [1.165, 1.54) is 19.1 Å². The third kappa shape index (κ3) is 6.27. The van der Waals surface area contributed by atoms with Crippen molar-refractivity contribution in [1.82, 2.24) is 5.32 Å². The van der Waals surface area contributed by atoms with E-state index in [4.69, 9.17) is 0 Å². The number of nitrogens with one attached hydrogen (secondary N) is 1. The summed E-state index contributed by atoms with van der Waals surface area (Å²) in [7, 11) is -3.54. The van der Waals surface area contributed by atoms with Gasteiger partial charge in [-0.3, -0.25) is 4.79 Å². The highest BCUT2D eigenvalue weighted by Crippen LogP contribution is 2.16. The van der Waals surface area contributed by atoms with Crippen molar-refractivity contribution in [1.29, 1.82) is 0 Å². The third-order valence-corrected chi connectivity index (χ3v) is 3.79. The van der Waals surface area contributed by atoms with Crippen molar-refractivity contribution < 1.29 is 35.9 Å². The number of halogens is 3. The van der Waals surface area contributed by atoms with Gasteiger partial charge in [0.15, 0.2) is 16.4 Å². The van der Waals surface area contributed by atoms with Crippen LogP contribution in [0, 0.1) is 6.92 Å². The van der Waals surface area contributed by atoms with Crippen LogP contribution in [0.3, 0.4) is 0 Å². The van der Waals surface area contributed by atoms with Gasteiger partial charge < -0.3 is 10.1 Å². The highest BCUT2D eigenvalue weighted by Gasteiger charge is 2.28. The van der Waals surface area contributed by atoms with Gasteiger partial charge in [-0.1, -0.05) is 6.07 Å². The molecule has 0 bridgehead atoms. The van der Waals surface area contributed by atoms with Gasteiger partial charge in [-0.2, -0.15) is 13.2 Å². The van der Waals surface area contributed by atoms with Crippen LogP contribution in [-0.2, 0) is 19.4 Å². The normalized spacial score (nSPS) is 11.9. The van der Waals surface area contributed by atoms with E-state index in [9.17, 15) is 31.2 Å². The quantitative estimate of drug-likeness (QED) is 0.805. The van der Waals surface area contributed by atoms with E-state index >= 15 is 0 Å². The van der Waals surface area contributed by atoms with Gasteiger partial charge in [0.25, 0.3) is 5.91 Å². The van der Waals surface area contributed by atoms with Gasteiger partial charge in [0.1, 0.15) is 6.54 Å². The first-order valence-corrected chi connectivity index (χ1v) is 8.10. The predicted molar refractivity (Wildman–Crippen MR) is 73.6 cm³/mol. The minimum atomic E-state index is -4.57. The van der Waals surface area contributed by atoms with Crippen molar-refractivity contribution in [3.8, 4) is 0 Å². The summed E-state index contributed by atoms with van der Waals surface area (Å²) in [6.45, 7) is -0.921. The number of hydrogen-bond donors (Lipinski definition) is 1. The van der Waals surface area contributed by atoms with Gasteiger partial charge in [-0.15, -0.1) is 0 Å². The van der Waals surface area contributed by atoms with Crippen molar-refractivity contribution in [3.05, 3.63) is 29.3 Å². The molecule has 0 saturated carbocycles. The first kappa shape index (κ1) is 18.9. The van der Waals surface area contributed by atoms with Gasteiger partial charge in [-0.05, 0) is 24.6 Å². The standard InChI is InChI=1S/C13H14F3NO5S/c1-8-3-4-9(23(2,20)21)5-10(8)12(19)22-6-11(18)17-7-13(14,15)16/h3-5H,6-7H2,1-2H3,(H,17,18). The number of amides is 1. The maximum Gasteiger partial charge on any atom is 0.405 e. The number of hydrogen-bond acceptors (Lipinski definition) is 5. The van der Waals surface area contributed by atoms with Crippen LogP contribution in [0.15, 0.2) is 23.1 Å². The lowest BCUT2D eigenvalue weighted by Crippen LogP contribution is -2.36. The zero-order chi connectivity index (χ0) is 17.8. The second-order valence-corrected chi connectivity index (χ2v) is 6.73. The van der Waals surface area contributed by atoms with E-state index in [1.807, 2.05) is 0 Å². The smallest absolute Gasteiger partial charge is 0.405 e. The van der Waals surface area contributed by atoms with E-state index in [1.54, 1.807) is 5.32 Å². The van der Waals surface area contributed by atoms with Gasteiger partial charge >= 0.3 is 12.1 Å². The maximum atomic E-state index is 11.9. The predicted octanol–water partition coefficient (Wildman–Crippen LogP) is 1.23. The topological polar surface area (TPSA) is 89.5 Å². The molecule has 0 aliphatic rings. The molecule has 1 aromatic rings. The Bertz CT molecular complexity index is 713. The average Bonchev–Trinajstić information content (AvgIpc) is 2.41. The molecule has 0 unspecified atom stereocenters. The molecule has 0 heterocycles. The Morgan fingerprint density at radius 1 is 1.26 bits per heavy atom. The fourth-order valence-corrected chi connectivity index (χ4v) is 2.16. The number of sulfone groups is 1. The molecule has 1 aromatic carbocycles. The van der Waals surface area contributed by atoms with E-state index < -0.39 is 41.0 Å². The number of alkyl halides is 3. The molecular formula is C13H14F3NO5S. The Labute approximate surface area is 130 Å². The molecule has 0 aliphatic heterocycles. The molecule has 10 heteroatoms. The van der Waals surface area contributed by atoms with Crippen molar-refractivity contribution in [2.75, 3.05) is 19.4 Å². The van der Waals surface area contributed by atoms with Gasteiger partial charge in [0.2, 0.25) is 0 Å². The number of carbonyl (C=O) groups is 2. The van der Waals surface area contributed by atoms with Gasteiger partial charge in [-0.25, -0.2) is 13.2 Å². The Morgan fingerprint density at radius 2 is 1.87 bits per heavy atom. The van der Waals surface area contributed by atoms with E-state index in [0.29, 0.717) is 5.56 Å². The monoisotopic (exact) mass is 353 g/mol. The number of aryl methyl sites for hydroxylation is 1. The van der Waals surface area contributed by atoms with Crippen LogP contribution in [0.25, 0.3) is 0 Å². The van der Waals surface area contributed by atoms with E-state index in [0.717, 1.165) is 12.3 Å². The second-order valence-electron chi connectivity index (χ2n) is 4.72. The number of rotatable bonds is 5. The summed E-state index contributed by atoms with van der Waals surface area (Å²) in [5.41, 5.74) is 0.314. The zero-order valence-corrected chi connectivity index (χ0v) is 13.0. The Balaban J connectivity index is 2.74. The van der Waals surface area contributed by atoms with Crippen LogP contribution in [0.4, 0.5) is 13.2 Å². The van der Waals surface area contributed by atoms with Crippen LogP contribution < -0.4 is 5.32 Å². The first-order valence-electron chi connectivity index (χ1n) is 6.21. The highest BCUT2D eigenvalue weighted by atomic mass is 32.2. The second kappa shape index (κ2) is 6.99. The fourth-order valence-electron chi connectivity index (χ4n) is 1.51. The van der Waals surface area contributed by atoms with Crippen LogP contribution in [-0.4, -0.2) is 45.9 Å². The first-order chi connectivity index (χ1) is 10.4. The number of carbonyl (C=O) groups excluding carboxylic acids is 2. The molecule has 1 N–H and O–H groups in total. The van der Waals surface area contributed by atoms with Crippen molar-refractivity contribution in [2.24, 2.45) is 0 Å². The Hall–Kier alpha value is -2.10. The molecule has 0 saturated heterocycles. The largest absolute Gasteiger partial charge is 0.452 e. The summed E-state index contributed by atoms with van der Waals surface area (Å²) in [6.07, 6.45) is -3.61. The van der Waals surface area contributed by atoms with Crippen molar-refractivity contribution in [3.63, 3.8) is 0 Å². The lowest BCUT2D eigenvalue weighted by atomic mass is 10.1. The molecule has 6 nitrogen and oxygen atoms in total. The molecule has 128 valence electrons. The summed E-state index contributed by atoms with van der Waals surface area (Å²) in [5, 5.41) is 1.54. The summed E-state index contributed by atoms with van der Waals surface area (Å²) >= 11 is 0. The van der Waals surface area contributed by atoms with Gasteiger partial charge in [0.05, 0.1) is 10.5 Å². The fraction of sp³-hybridized carbons (Fsp3) is 0.385.